The van der Waals surface area contributed by atoms with Gasteiger partial charge in [0, 0.05) is 34.4 Å². The average Bonchev–Trinajstić information content (AvgIpc) is 1.34. The number of carbonyl (C=O) groups is 7. The fourth-order valence-electron chi connectivity index (χ4n) is 10.6. The zero-order valence-electron chi connectivity index (χ0n) is 45.1. The van der Waals surface area contributed by atoms with Crippen LogP contribution in [0.25, 0.3) is 11.1 Å². The molecule has 7 aromatic rings. The maximum absolute atomic E-state index is 15.8. The van der Waals surface area contributed by atoms with Crippen LogP contribution in [0.1, 0.15) is 81.4 Å². The Kier molecular flexibility index (Phi) is 16.1. The summed E-state index contributed by atoms with van der Waals surface area (Å²) < 4.78 is 18.4. The van der Waals surface area contributed by atoms with Crippen molar-refractivity contribution in [3.05, 3.63) is 162 Å². The number of fused-ring (bicyclic) bond motifs is 14. The lowest BCUT2D eigenvalue weighted by molar-refractivity contribution is -0.143. The first kappa shape index (κ1) is 60.7. The number of aliphatic hydroxyl groups excluding tert-OH is 2. The van der Waals surface area contributed by atoms with Crippen LogP contribution in [-0.2, 0) is 33.6 Å². The summed E-state index contributed by atoms with van der Waals surface area (Å²) in [4.78, 5) is 104. The Balaban J connectivity index is 1.17. The highest BCUT2D eigenvalue weighted by atomic mass is 35.5. The van der Waals surface area contributed by atoms with E-state index in [-0.39, 0.29) is 44.5 Å². The lowest BCUT2D eigenvalue weighted by atomic mass is 9.89. The minimum absolute atomic E-state index is 0.144. The van der Waals surface area contributed by atoms with E-state index in [1.165, 1.54) is 37.4 Å². The zero-order chi connectivity index (χ0) is 63.8. The highest BCUT2D eigenvalue weighted by Crippen LogP contribution is 2.50. The van der Waals surface area contributed by atoms with Crippen molar-refractivity contribution in [2.24, 2.45) is 0 Å². The van der Waals surface area contributed by atoms with Gasteiger partial charge >= 0.3 is 5.97 Å². The molecule has 0 fully saturated rings. The van der Waals surface area contributed by atoms with Gasteiger partial charge in [-0.05, 0) is 108 Å². The number of carbonyl (C=O) groups excluding carboxylic acids is 6. The van der Waals surface area contributed by atoms with E-state index in [9.17, 15) is 60.3 Å². The van der Waals surface area contributed by atoms with Gasteiger partial charge in [-0.2, -0.15) is 0 Å². The number of carboxylic acid groups (broad SMARTS) is 1. The molecule has 9 atom stereocenters. The molecule has 0 aromatic heterocycles. The van der Waals surface area contributed by atoms with Crippen molar-refractivity contribution < 1.29 is 93.7 Å². The second-order valence-corrected chi connectivity index (χ2v) is 22.2. The fraction of sp³-hybridized carbons (Fsp3) is 0.169. The predicted molar refractivity (Wildman–Crippen MR) is 311 cm³/mol. The van der Waals surface area contributed by atoms with Gasteiger partial charge in [0.05, 0.1) is 20.1 Å². The second-order valence-electron chi connectivity index (χ2n) is 20.6. The second kappa shape index (κ2) is 23.6. The average molecular weight is 1300 g/mol. The Morgan fingerprint density at radius 2 is 1.03 bits per heavy atom. The van der Waals surface area contributed by atoms with Crippen LogP contribution in [0.4, 0.5) is 0 Å². The number of benzene rings is 7. The molecule has 0 saturated carbocycles. The van der Waals surface area contributed by atoms with E-state index in [0.717, 1.165) is 72.8 Å². The monoisotopic (exact) mass is 1300 g/mol. The quantitative estimate of drug-likeness (QED) is 0.0937. The van der Waals surface area contributed by atoms with Crippen molar-refractivity contribution in [1.82, 2.24) is 37.2 Å². The first-order valence-corrected chi connectivity index (χ1v) is 27.8. The summed E-state index contributed by atoms with van der Waals surface area (Å²) >= 11 is 27.3. The molecule has 0 aliphatic carbocycles. The smallest absolute Gasteiger partial charge is 0.330 e. The van der Waals surface area contributed by atoms with Gasteiger partial charge in [-0.1, -0.05) is 64.6 Å². The van der Waals surface area contributed by atoms with Crippen molar-refractivity contribution in [2.75, 3.05) is 7.05 Å². The van der Waals surface area contributed by atoms with Crippen LogP contribution in [0, 0.1) is 0 Å². The van der Waals surface area contributed by atoms with Gasteiger partial charge in [-0.3, -0.25) is 28.8 Å². The summed E-state index contributed by atoms with van der Waals surface area (Å²) in [6.07, 6.45) is -4.31. The molecule has 6 heterocycles. The molecule has 26 nitrogen and oxygen atoms in total. The molecule has 13 rings (SSSR count). The number of carboxylic acids is 1. The highest BCUT2D eigenvalue weighted by molar-refractivity contribution is 6.37. The Morgan fingerprint density at radius 1 is 0.472 bits per heavy atom. The number of aliphatic carboxylic acids is 1. The summed E-state index contributed by atoms with van der Waals surface area (Å²) in [5.41, 5.74) is -3.13. The Hall–Kier alpha value is -9.93. The lowest BCUT2D eigenvalue weighted by Crippen LogP contribution is -2.56. The number of phenols is 6. The molecule has 7 aromatic carbocycles. The Labute approximate surface area is 520 Å². The van der Waals surface area contributed by atoms with Crippen molar-refractivity contribution in [3.8, 4) is 80.1 Å². The van der Waals surface area contributed by atoms with E-state index in [1.54, 1.807) is 0 Å². The van der Waals surface area contributed by atoms with Gasteiger partial charge in [0.15, 0.2) is 34.8 Å². The van der Waals surface area contributed by atoms with Crippen LogP contribution in [-0.4, -0.2) is 107 Å². The molecule has 0 spiro atoms. The first-order valence-electron chi connectivity index (χ1n) is 26.3. The molecule has 6 aliphatic heterocycles. The summed E-state index contributed by atoms with van der Waals surface area (Å²) in [5, 5.41) is 119. The lowest BCUT2D eigenvalue weighted by Gasteiger charge is -2.31. The van der Waals surface area contributed by atoms with Crippen LogP contribution < -0.4 is 51.4 Å². The number of phenolic OH excluding ortho intramolecular Hbond substituents is 6. The number of rotatable bonds is 2. The molecule has 16 N–H and O–H groups in total. The number of nitrogens with one attached hydrogen (secondary N) is 7. The maximum Gasteiger partial charge on any atom is 0.330 e. The maximum atomic E-state index is 15.8. The van der Waals surface area contributed by atoms with Gasteiger partial charge in [-0.15, -0.1) is 0 Å². The number of hydrogen-bond acceptors (Lipinski definition) is 19. The van der Waals surface area contributed by atoms with Crippen molar-refractivity contribution in [3.63, 3.8) is 0 Å². The summed E-state index contributed by atoms with van der Waals surface area (Å²) in [5.74, 6) is -16.9. The van der Waals surface area contributed by atoms with Crippen LogP contribution >= 0.6 is 46.4 Å². The van der Waals surface area contributed by atoms with Crippen LogP contribution in [0.5, 0.6) is 69.0 Å². The van der Waals surface area contributed by atoms with Gasteiger partial charge < -0.3 is 97.4 Å². The summed E-state index contributed by atoms with van der Waals surface area (Å²) in [6, 6.07) is 3.44. The first-order chi connectivity index (χ1) is 42.3. The molecular formula is C59H45Cl4N7O19. The van der Waals surface area contributed by atoms with Crippen molar-refractivity contribution in [1.29, 1.82) is 0 Å². The molecule has 9 unspecified atom stereocenters. The zero-order valence-corrected chi connectivity index (χ0v) is 48.2. The van der Waals surface area contributed by atoms with E-state index in [0.29, 0.717) is 0 Å². The fourth-order valence-corrected chi connectivity index (χ4v) is 11.6. The van der Waals surface area contributed by atoms with E-state index in [2.05, 4.69) is 37.2 Å². The van der Waals surface area contributed by atoms with Gasteiger partial charge in [0.2, 0.25) is 41.2 Å². The number of halogens is 4. The van der Waals surface area contributed by atoms with Crippen molar-refractivity contribution in [2.45, 2.75) is 54.5 Å². The van der Waals surface area contributed by atoms with E-state index < -0.39 is 191 Å². The molecule has 30 heteroatoms. The minimum Gasteiger partial charge on any atom is -0.508 e. The molecule has 6 amide bonds. The number of likely N-dealkylation sites (N-methyl/N-ethyl adjacent to an activating group) is 1. The Bertz CT molecular complexity index is 4190. The standard InChI is InChI=1S/C59H45Cl4N7O19/c1-64-42-20-3-6-33(73)37(12-20)87-25-17-28(41(63)35(75)18-25)45-56(82)66-44-22-13-38(88-36-7-4-21(9-29(36)60)49(76)47(57(83)67-45)69-53(42)79)51(78)39(14-22)89-52-30(61)10-23(11-31(52)62)50(77)48-58(84)68-46(59(85)86)27-15-24(71)16-34(74)40(27)26-8-19(2-5-32(26)72)43(54(80)70-48)65-55(44)81/h2-18,42-50,64,71-78H,1H3,(H,65,81)(H,66,82)(H,67,83)(H,68,84)(H,69,79)(H,70,80)(H,85,86). The highest BCUT2D eigenvalue weighted by Gasteiger charge is 2.43. The van der Waals surface area contributed by atoms with E-state index >= 15 is 19.2 Å². The third-order valence-corrected chi connectivity index (χ3v) is 16.3. The van der Waals surface area contributed by atoms with Crippen molar-refractivity contribution >= 4 is 87.8 Å². The van der Waals surface area contributed by atoms with Gasteiger partial charge in [0.25, 0.3) is 0 Å². The third kappa shape index (κ3) is 11.4. The number of aliphatic hydroxyl groups is 2. The molecule has 17 bridgehead atoms. The van der Waals surface area contributed by atoms with Gasteiger partial charge in [-0.25, -0.2) is 4.79 Å². The molecular weight excluding hydrogens is 1250 g/mol. The number of aromatic hydroxyl groups is 6. The molecule has 6 aliphatic rings. The molecule has 458 valence electrons. The van der Waals surface area contributed by atoms with Gasteiger partial charge in [0.1, 0.15) is 83.0 Å². The molecule has 0 radical (unpaired) electrons. The topological polar surface area (TPSA) is 413 Å². The molecule has 89 heavy (non-hydrogen) atoms. The SMILES string of the molecule is CNC1C(=O)NC2C(=O)NC(C(=O)NC3C(=O)NC4C(=O)NC(C(=O)NC(C(=O)O)c5cc(O)cc(O)c5-c5cc4ccc5O)C(O)c4cc(Cl)c(c(Cl)c4)Oc4cc3cc(c4O)Oc3ccc(cc3Cl)C2O)c2cc(cc(O)c2Cl)Oc2cc1ccc2O. The predicted octanol–water partition coefficient (Wildman–Crippen LogP) is 6.04. The van der Waals surface area contributed by atoms with Crippen LogP contribution in [0.2, 0.25) is 20.1 Å². The summed E-state index contributed by atoms with van der Waals surface area (Å²) in [7, 11) is 1.39. The molecule has 0 saturated heterocycles. The van der Waals surface area contributed by atoms with Crippen LogP contribution in [0.3, 0.4) is 0 Å². The Morgan fingerprint density at radius 3 is 1.71 bits per heavy atom. The van der Waals surface area contributed by atoms with E-state index in [4.69, 9.17) is 60.6 Å². The van der Waals surface area contributed by atoms with Crippen LogP contribution in [0.15, 0.2) is 103 Å². The number of ether oxygens (including phenoxy) is 3. The third-order valence-electron chi connectivity index (χ3n) is 15.0. The number of hydrogen-bond donors (Lipinski definition) is 16. The largest absolute Gasteiger partial charge is 0.508 e. The van der Waals surface area contributed by atoms with E-state index in [1.807, 2.05) is 0 Å². The normalized spacial score (nSPS) is 22.4. The number of amides is 6. The minimum atomic E-state index is -2.30. The summed E-state index contributed by atoms with van der Waals surface area (Å²) in [6.45, 7) is 0.